The SMILES string of the molecule is CCCC(O)C(CC)COC1CCCCO1. The minimum absolute atomic E-state index is 0.0309. The first-order chi connectivity index (χ1) is 7.77. The fourth-order valence-electron chi connectivity index (χ4n) is 2.11. The lowest BCUT2D eigenvalue weighted by Gasteiger charge is -2.27. The molecule has 1 aliphatic heterocycles. The first-order valence-electron chi connectivity index (χ1n) is 6.69. The Morgan fingerprint density at radius 3 is 2.75 bits per heavy atom. The molecule has 0 aliphatic carbocycles. The van der Waals surface area contributed by atoms with E-state index in [1.165, 1.54) is 6.42 Å². The van der Waals surface area contributed by atoms with Gasteiger partial charge in [-0.3, -0.25) is 0 Å². The summed E-state index contributed by atoms with van der Waals surface area (Å²) in [5.41, 5.74) is 0. The highest BCUT2D eigenvalue weighted by atomic mass is 16.7. The zero-order valence-electron chi connectivity index (χ0n) is 10.7. The zero-order valence-corrected chi connectivity index (χ0v) is 10.7. The van der Waals surface area contributed by atoms with Crippen LogP contribution in [-0.4, -0.2) is 30.7 Å². The van der Waals surface area contributed by atoms with Gasteiger partial charge in [0.25, 0.3) is 0 Å². The van der Waals surface area contributed by atoms with Crippen LogP contribution in [0.5, 0.6) is 0 Å². The molecule has 1 fully saturated rings. The Morgan fingerprint density at radius 2 is 2.19 bits per heavy atom. The molecule has 0 saturated carbocycles. The molecule has 1 N–H and O–H groups in total. The summed E-state index contributed by atoms with van der Waals surface area (Å²) < 4.78 is 11.2. The summed E-state index contributed by atoms with van der Waals surface area (Å²) in [6.07, 6.45) is 5.95. The van der Waals surface area contributed by atoms with Crippen LogP contribution in [0.2, 0.25) is 0 Å². The van der Waals surface area contributed by atoms with Gasteiger partial charge in [-0.15, -0.1) is 0 Å². The second-order valence-corrected chi connectivity index (χ2v) is 4.65. The van der Waals surface area contributed by atoms with Crippen LogP contribution in [0.15, 0.2) is 0 Å². The topological polar surface area (TPSA) is 38.7 Å². The first-order valence-corrected chi connectivity index (χ1v) is 6.69. The zero-order chi connectivity index (χ0) is 11.8. The number of rotatable bonds is 7. The minimum atomic E-state index is -0.224. The van der Waals surface area contributed by atoms with E-state index in [0.717, 1.165) is 38.7 Å². The molecule has 16 heavy (non-hydrogen) atoms. The molecule has 3 atom stereocenters. The Bertz CT molecular complexity index is 167. The van der Waals surface area contributed by atoms with Gasteiger partial charge in [0.05, 0.1) is 12.7 Å². The molecule has 1 heterocycles. The van der Waals surface area contributed by atoms with E-state index in [1.54, 1.807) is 0 Å². The quantitative estimate of drug-likeness (QED) is 0.731. The van der Waals surface area contributed by atoms with Gasteiger partial charge in [0.15, 0.2) is 6.29 Å². The molecular weight excluding hydrogens is 204 g/mol. The van der Waals surface area contributed by atoms with Crippen molar-refractivity contribution in [2.75, 3.05) is 13.2 Å². The lowest BCUT2D eigenvalue weighted by Crippen LogP contribution is -2.29. The maximum absolute atomic E-state index is 9.92. The normalized spacial score (nSPS) is 25.3. The van der Waals surface area contributed by atoms with Crippen molar-refractivity contribution in [3.8, 4) is 0 Å². The van der Waals surface area contributed by atoms with Gasteiger partial charge >= 0.3 is 0 Å². The van der Waals surface area contributed by atoms with Crippen LogP contribution in [0.4, 0.5) is 0 Å². The number of ether oxygens (including phenoxy) is 2. The van der Waals surface area contributed by atoms with Crippen LogP contribution >= 0.6 is 0 Å². The second-order valence-electron chi connectivity index (χ2n) is 4.65. The minimum Gasteiger partial charge on any atom is -0.393 e. The Kier molecular flexibility index (Phi) is 7.01. The molecule has 0 bridgehead atoms. The van der Waals surface area contributed by atoms with Crippen molar-refractivity contribution in [2.45, 2.75) is 64.8 Å². The molecule has 0 amide bonds. The van der Waals surface area contributed by atoms with Gasteiger partial charge in [0.1, 0.15) is 0 Å². The van der Waals surface area contributed by atoms with Crippen LogP contribution in [-0.2, 0) is 9.47 Å². The van der Waals surface area contributed by atoms with Crippen molar-refractivity contribution >= 4 is 0 Å². The van der Waals surface area contributed by atoms with Crippen molar-refractivity contribution in [1.29, 1.82) is 0 Å². The van der Waals surface area contributed by atoms with Crippen LogP contribution in [0.3, 0.4) is 0 Å². The first kappa shape index (κ1) is 13.9. The molecular formula is C13H26O3. The Hall–Kier alpha value is -0.120. The van der Waals surface area contributed by atoms with Crippen LogP contribution in [0, 0.1) is 5.92 Å². The van der Waals surface area contributed by atoms with Gasteiger partial charge in [-0.05, 0) is 32.1 Å². The lowest BCUT2D eigenvalue weighted by atomic mass is 9.97. The van der Waals surface area contributed by atoms with Gasteiger partial charge in [-0.25, -0.2) is 0 Å². The molecule has 0 aromatic carbocycles. The van der Waals surface area contributed by atoms with Gasteiger partial charge in [-0.2, -0.15) is 0 Å². The monoisotopic (exact) mass is 230 g/mol. The van der Waals surface area contributed by atoms with Gasteiger partial charge < -0.3 is 14.6 Å². The molecule has 0 aromatic heterocycles. The number of aliphatic hydroxyl groups excluding tert-OH is 1. The average Bonchev–Trinajstić information content (AvgIpc) is 2.31. The number of aliphatic hydroxyl groups is 1. The van der Waals surface area contributed by atoms with Crippen LogP contribution in [0.1, 0.15) is 52.4 Å². The van der Waals surface area contributed by atoms with Crippen molar-refractivity contribution in [2.24, 2.45) is 5.92 Å². The van der Waals surface area contributed by atoms with E-state index < -0.39 is 0 Å². The van der Waals surface area contributed by atoms with Gasteiger partial charge in [-0.1, -0.05) is 20.3 Å². The summed E-state index contributed by atoms with van der Waals surface area (Å²) in [6.45, 7) is 5.65. The van der Waals surface area contributed by atoms with E-state index >= 15 is 0 Å². The molecule has 3 heteroatoms. The van der Waals surface area contributed by atoms with Crippen LogP contribution < -0.4 is 0 Å². The molecule has 0 aromatic rings. The van der Waals surface area contributed by atoms with E-state index in [9.17, 15) is 5.11 Å². The summed E-state index contributed by atoms with van der Waals surface area (Å²) in [5.74, 6) is 0.255. The second kappa shape index (κ2) is 8.04. The maximum Gasteiger partial charge on any atom is 0.157 e. The summed E-state index contributed by atoms with van der Waals surface area (Å²) >= 11 is 0. The highest BCUT2D eigenvalue weighted by Gasteiger charge is 2.20. The summed E-state index contributed by atoms with van der Waals surface area (Å²) in [6, 6.07) is 0. The smallest absolute Gasteiger partial charge is 0.157 e. The van der Waals surface area contributed by atoms with E-state index in [-0.39, 0.29) is 18.3 Å². The predicted molar refractivity (Wildman–Crippen MR) is 64.2 cm³/mol. The molecule has 96 valence electrons. The average molecular weight is 230 g/mol. The fraction of sp³-hybridized carbons (Fsp3) is 1.00. The molecule has 1 saturated heterocycles. The third-order valence-corrected chi connectivity index (χ3v) is 3.29. The number of hydrogen-bond donors (Lipinski definition) is 1. The van der Waals surface area contributed by atoms with Crippen LogP contribution in [0.25, 0.3) is 0 Å². The Labute approximate surface area is 99.1 Å². The third kappa shape index (κ3) is 4.81. The van der Waals surface area contributed by atoms with Crippen molar-refractivity contribution in [3.63, 3.8) is 0 Å². The lowest BCUT2D eigenvalue weighted by molar-refractivity contribution is -0.174. The summed E-state index contributed by atoms with van der Waals surface area (Å²) in [4.78, 5) is 0. The van der Waals surface area contributed by atoms with Crippen molar-refractivity contribution < 1.29 is 14.6 Å². The van der Waals surface area contributed by atoms with E-state index in [4.69, 9.17) is 9.47 Å². The highest BCUT2D eigenvalue weighted by Crippen LogP contribution is 2.18. The third-order valence-electron chi connectivity index (χ3n) is 3.29. The summed E-state index contributed by atoms with van der Waals surface area (Å²) in [5, 5.41) is 9.92. The highest BCUT2D eigenvalue weighted by molar-refractivity contribution is 4.67. The summed E-state index contributed by atoms with van der Waals surface area (Å²) in [7, 11) is 0. The van der Waals surface area contributed by atoms with E-state index in [1.807, 2.05) is 0 Å². The van der Waals surface area contributed by atoms with Gasteiger partial charge in [0, 0.05) is 12.5 Å². The predicted octanol–water partition coefficient (Wildman–Crippen LogP) is 2.72. The molecule has 3 unspecified atom stereocenters. The van der Waals surface area contributed by atoms with E-state index in [2.05, 4.69) is 13.8 Å². The fourth-order valence-corrected chi connectivity index (χ4v) is 2.11. The van der Waals surface area contributed by atoms with Crippen molar-refractivity contribution in [1.82, 2.24) is 0 Å². The standard InChI is InChI=1S/C13H26O3/c1-3-7-12(14)11(4-2)10-16-13-8-5-6-9-15-13/h11-14H,3-10H2,1-2H3. The molecule has 0 radical (unpaired) electrons. The molecule has 1 aliphatic rings. The Balaban J connectivity index is 2.21. The van der Waals surface area contributed by atoms with Crippen molar-refractivity contribution in [3.05, 3.63) is 0 Å². The molecule has 1 rings (SSSR count). The molecule has 3 nitrogen and oxygen atoms in total. The Morgan fingerprint density at radius 1 is 1.38 bits per heavy atom. The largest absolute Gasteiger partial charge is 0.393 e. The molecule has 0 spiro atoms. The maximum atomic E-state index is 9.92. The van der Waals surface area contributed by atoms with Gasteiger partial charge in [0.2, 0.25) is 0 Å². The van der Waals surface area contributed by atoms with E-state index in [0.29, 0.717) is 6.61 Å². The number of hydrogen-bond acceptors (Lipinski definition) is 3.